The number of carbonyl (C=O) groups excluding carboxylic acids is 2. The summed E-state index contributed by atoms with van der Waals surface area (Å²) in [5.41, 5.74) is 0.811. The SMILES string of the molecule is C[C@@H]([NH2+]CC(=O)N(C)CC(=O)NC(C)(C)C)c1ccc(Cl)cc1. The third-order valence-electron chi connectivity index (χ3n) is 3.36. The number of nitrogens with zero attached hydrogens (tertiary/aromatic N) is 1. The molecule has 3 N–H and O–H groups in total. The molecule has 0 aliphatic carbocycles. The lowest BCUT2D eigenvalue weighted by Gasteiger charge is -2.23. The molecule has 1 rings (SSSR count). The fourth-order valence-electron chi connectivity index (χ4n) is 2.10. The molecule has 6 heteroatoms. The summed E-state index contributed by atoms with van der Waals surface area (Å²) in [5, 5.41) is 5.49. The van der Waals surface area contributed by atoms with Crippen molar-refractivity contribution in [2.24, 2.45) is 0 Å². The number of quaternary nitrogens is 1. The Hall–Kier alpha value is -1.59. The van der Waals surface area contributed by atoms with Crippen LogP contribution in [0.4, 0.5) is 0 Å². The van der Waals surface area contributed by atoms with E-state index in [1.165, 1.54) is 4.90 Å². The average Bonchev–Trinajstić information content (AvgIpc) is 2.42. The van der Waals surface area contributed by atoms with E-state index in [2.05, 4.69) is 5.32 Å². The standard InChI is InChI=1S/C17H26ClN3O2/c1-12(13-6-8-14(18)9-7-13)19-10-16(23)21(5)11-15(22)20-17(2,3)4/h6-9,12,19H,10-11H2,1-5H3,(H,20,22)/p+1/t12-/m1/s1. The van der Waals surface area contributed by atoms with Gasteiger partial charge in [0.15, 0.2) is 6.54 Å². The predicted octanol–water partition coefficient (Wildman–Crippen LogP) is 1.34. The molecule has 0 saturated heterocycles. The third kappa shape index (κ3) is 7.48. The van der Waals surface area contributed by atoms with Crippen molar-refractivity contribution in [2.75, 3.05) is 20.1 Å². The first kappa shape index (κ1) is 19.5. The van der Waals surface area contributed by atoms with Gasteiger partial charge in [-0.15, -0.1) is 0 Å². The van der Waals surface area contributed by atoms with Crippen LogP contribution in [-0.2, 0) is 9.59 Å². The van der Waals surface area contributed by atoms with E-state index in [1.54, 1.807) is 7.05 Å². The van der Waals surface area contributed by atoms with Crippen molar-refractivity contribution >= 4 is 23.4 Å². The summed E-state index contributed by atoms with van der Waals surface area (Å²) in [5.74, 6) is -0.228. The van der Waals surface area contributed by atoms with Gasteiger partial charge in [0, 0.05) is 23.2 Å². The minimum atomic E-state index is -0.295. The Balaban J connectivity index is 2.43. The van der Waals surface area contributed by atoms with Crippen molar-refractivity contribution in [1.82, 2.24) is 10.2 Å². The van der Waals surface area contributed by atoms with Gasteiger partial charge in [-0.1, -0.05) is 23.7 Å². The number of rotatable bonds is 6. The Morgan fingerprint density at radius 2 is 1.83 bits per heavy atom. The molecule has 0 aliphatic heterocycles. The van der Waals surface area contributed by atoms with Gasteiger partial charge in [0.2, 0.25) is 5.91 Å². The van der Waals surface area contributed by atoms with Crippen LogP contribution < -0.4 is 10.6 Å². The van der Waals surface area contributed by atoms with Crippen LogP contribution in [0.15, 0.2) is 24.3 Å². The van der Waals surface area contributed by atoms with E-state index in [1.807, 2.05) is 57.3 Å². The second kappa shape index (κ2) is 8.31. The summed E-state index contributed by atoms with van der Waals surface area (Å²) in [6, 6.07) is 7.73. The molecule has 5 nitrogen and oxygen atoms in total. The van der Waals surface area contributed by atoms with Crippen LogP contribution in [-0.4, -0.2) is 42.4 Å². The van der Waals surface area contributed by atoms with Crippen LogP contribution in [0.25, 0.3) is 0 Å². The van der Waals surface area contributed by atoms with E-state index >= 15 is 0 Å². The van der Waals surface area contributed by atoms with Gasteiger partial charge in [-0.25, -0.2) is 0 Å². The Kier molecular flexibility index (Phi) is 7.03. The molecule has 0 aliphatic rings. The van der Waals surface area contributed by atoms with Gasteiger partial charge in [0.25, 0.3) is 5.91 Å². The van der Waals surface area contributed by atoms with Crippen LogP contribution in [0.2, 0.25) is 5.02 Å². The third-order valence-corrected chi connectivity index (χ3v) is 3.61. The highest BCUT2D eigenvalue weighted by Crippen LogP contribution is 2.13. The molecule has 1 atom stereocenters. The van der Waals surface area contributed by atoms with E-state index < -0.39 is 0 Å². The second-order valence-electron chi connectivity index (χ2n) is 6.83. The number of amides is 2. The summed E-state index contributed by atoms with van der Waals surface area (Å²) < 4.78 is 0. The largest absolute Gasteiger partial charge is 0.350 e. The molecule has 0 aromatic heterocycles. The number of nitrogens with two attached hydrogens (primary N) is 1. The number of benzene rings is 1. The molecular weight excluding hydrogens is 314 g/mol. The zero-order valence-corrected chi connectivity index (χ0v) is 15.3. The highest BCUT2D eigenvalue weighted by molar-refractivity contribution is 6.30. The van der Waals surface area contributed by atoms with Crippen molar-refractivity contribution in [2.45, 2.75) is 39.3 Å². The first-order chi connectivity index (χ1) is 10.6. The number of likely N-dealkylation sites (N-methyl/N-ethyl adjacent to an activating group) is 1. The summed E-state index contributed by atoms with van der Waals surface area (Å²) in [7, 11) is 1.64. The molecule has 0 unspecified atom stereocenters. The van der Waals surface area contributed by atoms with Gasteiger partial charge in [-0.2, -0.15) is 0 Å². The molecule has 0 bridgehead atoms. The Labute approximate surface area is 143 Å². The maximum absolute atomic E-state index is 12.1. The van der Waals surface area contributed by atoms with E-state index in [4.69, 9.17) is 11.6 Å². The summed E-state index contributed by atoms with van der Waals surface area (Å²) >= 11 is 5.87. The van der Waals surface area contributed by atoms with E-state index in [-0.39, 0.29) is 29.9 Å². The van der Waals surface area contributed by atoms with Crippen LogP contribution in [0.3, 0.4) is 0 Å². The number of hydrogen-bond donors (Lipinski definition) is 2. The molecule has 1 aromatic rings. The molecule has 0 fully saturated rings. The van der Waals surface area contributed by atoms with Crippen molar-refractivity contribution in [3.8, 4) is 0 Å². The zero-order chi connectivity index (χ0) is 17.6. The van der Waals surface area contributed by atoms with Gasteiger partial charge in [0.05, 0.1) is 6.54 Å². The molecule has 1 aromatic carbocycles. The summed E-state index contributed by atoms with van der Waals surface area (Å²) in [6.07, 6.45) is 0. The molecule has 23 heavy (non-hydrogen) atoms. The maximum atomic E-state index is 12.1. The topological polar surface area (TPSA) is 66.0 Å². The van der Waals surface area contributed by atoms with Crippen LogP contribution in [0.5, 0.6) is 0 Å². The molecule has 0 spiro atoms. The molecule has 0 radical (unpaired) electrons. The highest BCUT2D eigenvalue weighted by atomic mass is 35.5. The number of halogens is 1. The summed E-state index contributed by atoms with van der Waals surface area (Å²) in [6.45, 7) is 8.13. The minimum absolute atomic E-state index is 0.0687. The number of nitrogens with one attached hydrogen (secondary N) is 1. The zero-order valence-electron chi connectivity index (χ0n) is 14.5. The Morgan fingerprint density at radius 3 is 2.35 bits per heavy atom. The van der Waals surface area contributed by atoms with Gasteiger partial charge in [-0.3, -0.25) is 9.59 Å². The normalized spacial score (nSPS) is 12.6. The van der Waals surface area contributed by atoms with Crippen molar-refractivity contribution in [1.29, 1.82) is 0 Å². The first-order valence-corrected chi connectivity index (χ1v) is 8.10. The lowest BCUT2D eigenvalue weighted by molar-refractivity contribution is -0.683. The Bertz CT molecular complexity index is 538. The van der Waals surface area contributed by atoms with Crippen LogP contribution in [0.1, 0.15) is 39.3 Å². The maximum Gasteiger partial charge on any atom is 0.277 e. The fraction of sp³-hybridized carbons (Fsp3) is 0.529. The van der Waals surface area contributed by atoms with Gasteiger partial charge in [-0.05, 0) is 39.8 Å². The van der Waals surface area contributed by atoms with Gasteiger partial charge < -0.3 is 15.5 Å². The first-order valence-electron chi connectivity index (χ1n) is 7.72. The molecule has 2 amide bonds. The van der Waals surface area contributed by atoms with Crippen molar-refractivity contribution < 1.29 is 14.9 Å². The average molecular weight is 341 g/mol. The molecule has 0 heterocycles. The van der Waals surface area contributed by atoms with Gasteiger partial charge >= 0.3 is 0 Å². The lowest BCUT2D eigenvalue weighted by Crippen LogP contribution is -2.87. The lowest BCUT2D eigenvalue weighted by atomic mass is 10.1. The van der Waals surface area contributed by atoms with E-state index in [0.717, 1.165) is 5.56 Å². The molecule has 128 valence electrons. The highest BCUT2D eigenvalue weighted by Gasteiger charge is 2.19. The minimum Gasteiger partial charge on any atom is -0.350 e. The number of carbonyl (C=O) groups is 2. The number of hydrogen-bond acceptors (Lipinski definition) is 2. The second-order valence-corrected chi connectivity index (χ2v) is 7.26. The monoisotopic (exact) mass is 340 g/mol. The van der Waals surface area contributed by atoms with Crippen molar-refractivity contribution in [3.63, 3.8) is 0 Å². The quantitative estimate of drug-likeness (QED) is 0.820. The summed E-state index contributed by atoms with van der Waals surface area (Å²) in [4.78, 5) is 25.4. The van der Waals surface area contributed by atoms with Gasteiger partial charge in [0.1, 0.15) is 6.04 Å². The Morgan fingerprint density at radius 1 is 1.26 bits per heavy atom. The fourth-order valence-corrected chi connectivity index (χ4v) is 2.22. The predicted molar refractivity (Wildman–Crippen MR) is 92.2 cm³/mol. The smallest absolute Gasteiger partial charge is 0.277 e. The molecule has 0 saturated carbocycles. The van der Waals surface area contributed by atoms with Crippen LogP contribution >= 0.6 is 11.6 Å². The van der Waals surface area contributed by atoms with E-state index in [0.29, 0.717) is 11.6 Å². The van der Waals surface area contributed by atoms with Crippen LogP contribution in [0, 0.1) is 0 Å². The van der Waals surface area contributed by atoms with E-state index in [9.17, 15) is 9.59 Å². The molecular formula is C17H27ClN3O2+. The van der Waals surface area contributed by atoms with Crippen molar-refractivity contribution in [3.05, 3.63) is 34.9 Å².